The smallest absolute Gasteiger partial charge is 0.346 e. The number of carboxylic acid groups (broad SMARTS) is 1. The number of carbonyl (C=O) groups excluding carboxylic acids is 1. The Morgan fingerprint density at radius 1 is 1.48 bits per heavy atom. The van der Waals surface area contributed by atoms with E-state index < -0.39 is 23.1 Å². The van der Waals surface area contributed by atoms with Gasteiger partial charge in [0.1, 0.15) is 10.6 Å². The fourth-order valence-corrected chi connectivity index (χ4v) is 2.63. The van der Waals surface area contributed by atoms with E-state index in [1.165, 1.54) is 6.92 Å². The normalized spacial score (nSPS) is 13.5. The molecule has 7 nitrogen and oxygen atoms in total. The van der Waals surface area contributed by atoms with Crippen molar-refractivity contribution in [1.82, 2.24) is 15.3 Å². The Hall–Kier alpha value is -1.83. The molecule has 0 spiro atoms. The first-order valence-corrected chi connectivity index (χ1v) is 7.68. The first-order valence-electron chi connectivity index (χ1n) is 6.46. The van der Waals surface area contributed by atoms with Gasteiger partial charge in [0.25, 0.3) is 5.91 Å². The minimum Gasteiger partial charge on any atom is -0.480 e. The summed E-state index contributed by atoms with van der Waals surface area (Å²) in [5.41, 5.74) is -1.33. The fourth-order valence-electron chi connectivity index (χ4n) is 2.01. The summed E-state index contributed by atoms with van der Waals surface area (Å²) < 4.78 is 0. The second kappa shape index (κ2) is 6.75. The number of H-pyrrole nitrogens is 1. The van der Waals surface area contributed by atoms with Crippen LogP contribution in [0.3, 0.4) is 0 Å². The predicted molar refractivity (Wildman–Crippen MR) is 79.8 cm³/mol. The lowest BCUT2D eigenvalue weighted by molar-refractivity contribution is -0.144. The Bertz CT molecular complexity index is 614. The highest BCUT2D eigenvalue weighted by Crippen LogP contribution is 2.20. The van der Waals surface area contributed by atoms with Crippen LogP contribution in [-0.2, 0) is 4.79 Å². The molecule has 116 valence electrons. The molecule has 0 aromatic carbocycles. The van der Waals surface area contributed by atoms with Gasteiger partial charge in [0.2, 0.25) is 0 Å². The molecule has 0 saturated carbocycles. The fraction of sp³-hybridized carbons (Fsp3) is 0.538. The van der Waals surface area contributed by atoms with Crippen LogP contribution in [0.15, 0.2) is 9.82 Å². The predicted octanol–water partition coefficient (Wildman–Crippen LogP) is 1.17. The Morgan fingerprint density at radius 2 is 2.10 bits per heavy atom. The number of aryl methyl sites for hydroxylation is 1. The van der Waals surface area contributed by atoms with Crippen LogP contribution in [-0.4, -0.2) is 38.7 Å². The van der Waals surface area contributed by atoms with E-state index >= 15 is 0 Å². The highest BCUT2D eigenvalue weighted by Gasteiger charge is 2.35. The lowest BCUT2D eigenvalue weighted by Gasteiger charge is -2.26. The number of carbonyl (C=O) groups is 2. The molecule has 1 unspecified atom stereocenters. The van der Waals surface area contributed by atoms with Crippen molar-refractivity contribution < 1.29 is 14.7 Å². The number of amides is 1. The minimum atomic E-state index is -1.36. The first-order chi connectivity index (χ1) is 9.75. The van der Waals surface area contributed by atoms with Gasteiger partial charge in [0.15, 0.2) is 0 Å². The molecule has 0 fully saturated rings. The van der Waals surface area contributed by atoms with Gasteiger partial charge in [-0.3, -0.25) is 4.79 Å². The largest absolute Gasteiger partial charge is 0.480 e. The Labute approximate surface area is 126 Å². The molecule has 8 heteroatoms. The van der Waals surface area contributed by atoms with Crippen molar-refractivity contribution in [2.24, 2.45) is 0 Å². The van der Waals surface area contributed by atoms with Gasteiger partial charge in [-0.15, -0.1) is 11.8 Å². The molecule has 0 bridgehead atoms. The molecule has 0 aliphatic rings. The summed E-state index contributed by atoms with van der Waals surface area (Å²) in [6.07, 6.45) is 2.61. The molecule has 1 aromatic rings. The highest BCUT2D eigenvalue weighted by molar-refractivity contribution is 7.98. The Balaban J connectivity index is 3.20. The van der Waals surface area contributed by atoms with Crippen molar-refractivity contribution in [1.29, 1.82) is 0 Å². The van der Waals surface area contributed by atoms with Crippen LogP contribution in [0.5, 0.6) is 0 Å². The maximum Gasteiger partial charge on any atom is 0.346 e. The van der Waals surface area contributed by atoms with Gasteiger partial charge in [0, 0.05) is 5.69 Å². The summed E-state index contributed by atoms with van der Waals surface area (Å²) in [6, 6.07) is 0. The van der Waals surface area contributed by atoms with Crippen molar-refractivity contribution >= 4 is 23.6 Å². The van der Waals surface area contributed by atoms with E-state index in [-0.39, 0.29) is 10.6 Å². The van der Waals surface area contributed by atoms with Crippen LogP contribution in [0.25, 0.3) is 0 Å². The van der Waals surface area contributed by atoms with Crippen LogP contribution in [0, 0.1) is 6.92 Å². The molecule has 1 heterocycles. The molecule has 3 N–H and O–H groups in total. The zero-order valence-corrected chi connectivity index (χ0v) is 13.3. The third-order valence-corrected chi connectivity index (χ3v) is 3.80. The average Bonchev–Trinajstić information content (AvgIpc) is 2.37. The molecular weight excluding hydrogens is 294 g/mol. The standard InChI is InChI=1S/C13H19N3O4S/c1-5-6-13(3,11(18)19)16-9(17)8-7(2)14-12(20)15-10(8)21-4/h5-6H2,1-4H3,(H,16,17)(H,18,19)(H,14,15,20). The number of thioether (sulfide) groups is 1. The Morgan fingerprint density at radius 3 is 2.57 bits per heavy atom. The lowest BCUT2D eigenvalue weighted by Crippen LogP contribution is -2.52. The van der Waals surface area contributed by atoms with Gasteiger partial charge in [-0.2, -0.15) is 4.98 Å². The number of rotatable bonds is 6. The van der Waals surface area contributed by atoms with E-state index in [2.05, 4.69) is 15.3 Å². The molecule has 1 atom stereocenters. The van der Waals surface area contributed by atoms with Crippen molar-refractivity contribution in [2.75, 3.05) is 6.26 Å². The molecular formula is C13H19N3O4S. The second-order valence-electron chi connectivity index (χ2n) is 4.89. The molecule has 1 amide bonds. The number of nitrogens with one attached hydrogen (secondary N) is 2. The van der Waals surface area contributed by atoms with Crippen LogP contribution in [0.2, 0.25) is 0 Å². The number of aromatic amines is 1. The maximum absolute atomic E-state index is 12.4. The van der Waals surface area contributed by atoms with Gasteiger partial charge in [-0.05, 0) is 26.5 Å². The summed E-state index contributed by atoms with van der Waals surface area (Å²) in [4.78, 5) is 41.3. The van der Waals surface area contributed by atoms with Gasteiger partial charge >= 0.3 is 11.7 Å². The minimum absolute atomic E-state index is 0.200. The number of carboxylic acids is 1. The van der Waals surface area contributed by atoms with Crippen molar-refractivity contribution in [3.8, 4) is 0 Å². The van der Waals surface area contributed by atoms with Gasteiger partial charge in [-0.25, -0.2) is 9.59 Å². The van der Waals surface area contributed by atoms with Crippen molar-refractivity contribution in [3.05, 3.63) is 21.7 Å². The third kappa shape index (κ3) is 3.84. The second-order valence-corrected chi connectivity index (χ2v) is 5.69. The van der Waals surface area contributed by atoms with E-state index in [0.29, 0.717) is 18.5 Å². The molecule has 21 heavy (non-hydrogen) atoms. The monoisotopic (exact) mass is 313 g/mol. The van der Waals surface area contributed by atoms with E-state index in [4.69, 9.17) is 0 Å². The summed E-state index contributed by atoms with van der Waals surface area (Å²) in [6.45, 7) is 4.88. The van der Waals surface area contributed by atoms with E-state index in [1.54, 1.807) is 13.2 Å². The molecule has 1 aromatic heterocycles. The van der Waals surface area contributed by atoms with Gasteiger partial charge in [-0.1, -0.05) is 13.3 Å². The number of aromatic nitrogens is 2. The molecule has 0 aliphatic carbocycles. The summed E-state index contributed by atoms with van der Waals surface area (Å²) in [5, 5.41) is 12.1. The van der Waals surface area contributed by atoms with Crippen molar-refractivity contribution in [3.63, 3.8) is 0 Å². The number of aliphatic carboxylic acids is 1. The van der Waals surface area contributed by atoms with Gasteiger partial charge in [0.05, 0.1) is 5.56 Å². The van der Waals surface area contributed by atoms with Crippen LogP contribution in [0.4, 0.5) is 0 Å². The summed E-state index contributed by atoms with van der Waals surface area (Å²) >= 11 is 1.16. The maximum atomic E-state index is 12.4. The third-order valence-electron chi connectivity index (χ3n) is 3.12. The van der Waals surface area contributed by atoms with Crippen LogP contribution >= 0.6 is 11.8 Å². The van der Waals surface area contributed by atoms with Gasteiger partial charge < -0.3 is 15.4 Å². The van der Waals surface area contributed by atoms with Crippen LogP contribution < -0.4 is 11.0 Å². The number of hydrogen-bond donors (Lipinski definition) is 3. The molecule has 0 saturated heterocycles. The lowest BCUT2D eigenvalue weighted by atomic mass is 9.96. The summed E-state index contributed by atoms with van der Waals surface area (Å²) in [5.74, 6) is -1.66. The van der Waals surface area contributed by atoms with E-state index in [9.17, 15) is 19.5 Å². The SMILES string of the molecule is CCCC(C)(NC(=O)c1c(SC)nc(=O)[nH]c1C)C(=O)O. The molecule has 0 aliphatic heterocycles. The quantitative estimate of drug-likeness (QED) is 0.537. The highest BCUT2D eigenvalue weighted by atomic mass is 32.2. The summed E-state index contributed by atoms with van der Waals surface area (Å²) in [7, 11) is 0. The topological polar surface area (TPSA) is 112 Å². The van der Waals surface area contributed by atoms with Crippen molar-refractivity contribution in [2.45, 2.75) is 44.2 Å². The first kappa shape index (κ1) is 17.2. The zero-order valence-electron chi connectivity index (χ0n) is 12.4. The molecule has 0 radical (unpaired) electrons. The Kier molecular flexibility index (Phi) is 5.54. The number of hydrogen-bond acceptors (Lipinski definition) is 5. The van der Waals surface area contributed by atoms with E-state index in [1.807, 2.05) is 6.92 Å². The van der Waals surface area contributed by atoms with Crippen LogP contribution in [0.1, 0.15) is 42.7 Å². The van der Waals surface area contributed by atoms with E-state index in [0.717, 1.165) is 11.8 Å². The average molecular weight is 313 g/mol. The number of nitrogens with zero attached hydrogens (tertiary/aromatic N) is 1. The zero-order chi connectivity index (χ0) is 16.2. The molecule has 1 rings (SSSR count).